The van der Waals surface area contributed by atoms with E-state index in [1.165, 1.54) is 25.8 Å². The normalized spacial score (nSPS) is 23.0. The Morgan fingerprint density at radius 2 is 2.25 bits per heavy atom. The minimum absolute atomic E-state index is 0.501. The van der Waals surface area contributed by atoms with Gasteiger partial charge in [0.15, 0.2) is 0 Å². The molecule has 1 atom stereocenters. The lowest BCUT2D eigenvalue weighted by Gasteiger charge is -2.17. The van der Waals surface area contributed by atoms with E-state index >= 15 is 0 Å². The fourth-order valence-electron chi connectivity index (χ4n) is 2.66. The Kier molecular flexibility index (Phi) is 4.41. The van der Waals surface area contributed by atoms with Gasteiger partial charge in [0.1, 0.15) is 5.82 Å². The highest BCUT2D eigenvalue weighted by Crippen LogP contribution is 2.31. The minimum atomic E-state index is 0.501. The van der Waals surface area contributed by atoms with Gasteiger partial charge in [-0.1, -0.05) is 6.92 Å². The number of aromatic nitrogens is 2. The third-order valence-corrected chi connectivity index (χ3v) is 4.48. The molecule has 5 nitrogen and oxygen atoms in total. The standard InChI is InChI=1S/C14H22BrN5/c1-2-6-16-14-17-8-12(15)13(19-14)18-10-5-7-20(9-10)11-3-4-11/h8,10-11H,2-7,9H2,1H3,(H2,16,17,18,19). The van der Waals surface area contributed by atoms with Crippen LogP contribution in [0.1, 0.15) is 32.6 Å². The third kappa shape index (κ3) is 3.41. The van der Waals surface area contributed by atoms with Crippen LogP contribution in [0.3, 0.4) is 0 Å². The maximum Gasteiger partial charge on any atom is 0.224 e. The summed E-state index contributed by atoms with van der Waals surface area (Å²) in [7, 11) is 0. The molecule has 0 bridgehead atoms. The summed E-state index contributed by atoms with van der Waals surface area (Å²) in [6, 6.07) is 1.36. The summed E-state index contributed by atoms with van der Waals surface area (Å²) in [6.07, 6.45) is 6.86. The fraction of sp³-hybridized carbons (Fsp3) is 0.714. The first-order chi connectivity index (χ1) is 9.76. The highest BCUT2D eigenvalue weighted by molar-refractivity contribution is 9.10. The van der Waals surface area contributed by atoms with Gasteiger partial charge in [-0.05, 0) is 41.6 Å². The smallest absolute Gasteiger partial charge is 0.224 e. The molecule has 1 aromatic rings. The van der Waals surface area contributed by atoms with Crippen LogP contribution >= 0.6 is 15.9 Å². The van der Waals surface area contributed by atoms with Crippen molar-refractivity contribution in [3.63, 3.8) is 0 Å². The molecule has 1 aliphatic heterocycles. The highest BCUT2D eigenvalue weighted by Gasteiger charge is 2.34. The number of hydrogen-bond donors (Lipinski definition) is 2. The number of nitrogens with one attached hydrogen (secondary N) is 2. The van der Waals surface area contributed by atoms with E-state index in [0.29, 0.717) is 12.0 Å². The van der Waals surface area contributed by atoms with Gasteiger partial charge in [0.25, 0.3) is 0 Å². The van der Waals surface area contributed by atoms with E-state index in [-0.39, 0.29) is 0 Å². The number of halogens is 1. The molecule has 0 radical (unpaired) electrons. The van der Waals surface area contributed by atoms with Crippen LogP contribution in [-0.4, -0.2) is 46.6 Å². The molecule has 2 aliphatic rings. The molecule has 110 valence electrons. The van der Waals surface area contributed by atoms with Crippen LogP contribution in [0.15, 0.2) is 10.7 Å². The molecule has 1 saturated carbocycles. The summed E-state index contributed by atoms with van der Waals surface area (Å²) in [5.74, 6) is 1.61. The van der Waals surface area contributed by atoms with E-state index in [1.807, 2.05) is 6.20 Å². The fourth-order valence-corrected chi connectivity index (χ4v) is 2.97. The monoisotopic (exact) mass is 339 g/mol. The predicted octanol–water partition coefficient (Wildman–Crippen LogP) is 2.71. The second-order valence-corrected chi connectivity index (χ2v) is 6.53. The van der Waals surface area contributed by atoms with Crippen LogP contribution in [0.2, 0.25) is 0 Å². The van der Waals surface area contributed by atoms with Crippen molar-refractivity contribution in [3.8, 4) is 0 Å². The van der Waals surface area contributed by atoms with Crippen molar-refractivity contribution in [2.75, 3.05) is 30.3 Å². The number of nitrogens with zero attached hydrogens (tertiary/aromatic N) is 3. The van der Waals surface area contributed by atoms with Crippen molar-refractivity contribution in [2.45, 2.75) is 44.7 Å². The molecule has 2 fully saturated rings. The first-order valence-corrected chi connectivity index (χ1v) is 8.32. The summed E-state index contributed by atoms with van der Waals surface area (Å²) in [5, 5.41) is 6.79. The van der Waals surface area contributed by atoms with Crippen LogP contribution in [0.25, 0.3) is 0 Å². The van der Waals surface area contributed by atoms with Gasteiger partial charge in [-0.25, -0.2) is 4.98 Å². The Morgan fingerprint density at radius 3 is 3.00 bits per heavy atom. The zero-order chi connectivity index (χ0) is 13.9. The Hall–Kier alpha value is -0.880. The van der Waals surface area contributed by atoms with Crippen molar-refractivity contribution >= 4 is 27.7 Å². The van der Waals surface area contributed by atoms with Gasteiger partial charge in [0.2, 0.25) is 5.95 Å². The minimum Gasteiger partial charge on any atom is -0.365 e. The van der Waals surface area contributed by atoms with E-state index < -0.39 is 0 Å². The maximum absolute atomic E-state index is 4.56. The van der Waals surface area contributed by atoms with Crippen LogP contribution in [0, 0.1) is 0 Å². The van der Waals surface area contributed by atoms with Crippen LogP contribution in [-0.2, 0) is 0 Å². The van der Waals surface area contributed by atoms with Crippen LogP contribution < -0.4 is 10.6 Å². The van der Waals surface area contributed by atoms with E-state index in [2.05, 4.69) is 48.4 Å². The topological polar surface area (TPSA) is 53.1 Å². The lowest BCUT2D eigenvalue weighted by molar-refractivity contribution is 0.326. The first kappa shape index (κ1) is 14.1. The maximum atomic E-state index is 4.56. The average molecular weight is 340 g/mol. The quantitative estimate of drug-likeness (QED) is 0.834. The lowest BCUT2D eigenvalue weighted by Crippen LogP contribution is -2.28. The molecule has 1 aromatic heterocycles. The Balaban J connectivity index is 1.61. The first-order valence-electron chi connectivity index (χ1n) is 7.53. The predicted molar refractivity (Wildman–Crippen MR) is 85.1 cm³/mol. The number of rotatable bonds is 6. The summed E-state index contributed by atoms with van der Waals surface area (Å²) in [5.41, 5.74) is 0. The molecule has 6 heteroatoms. The largest absolute Gasteiger partial charge is 0.365 e. The molecule has 0 spiro atoms. The zero-order valence-electron chi connectivity index (χ0n) is 11.9. The van der Waals surface area contributed by atoms with Crippen molar-refractivity contribution in [1.82, 2.24) is 14.9 Å². The highest BCUT2D eigenvalue weighted by atomic mass is 79.9. The Labute approximate surface area is 128 Å². The molecule has 1 aliphatic carbocycles. The molecule has 0 amide bonds. The molecule has 2 N–H and O–H groups in total. The summed E-state index contributed by atoms with van der Waals surface area (Å²) >= 11 is 3.53. The molecular weight excluding hydrogens is 318 g/mol. The van der Waals surface area contributed by atoms with Gasteiger partial charge < -0.3 is 10.6 Å². The van der Waals surface area contributed by atoms with E-state index in [4.69, 9.17) is 0 Å². The molecular formula is C14H22BrN5. The third-order valence-electron chi connectivity index (χ3n) is 3.90. The molecule has 3 rings (SSSR count). The summed E-state index contributed by atoms with van der Waals surface area (Å²) < 4.78 is 0.935. The van der Waals surface area contributed by atoms with Crippen molar-refractivity contribution in [2.24, 2.45) is 0 Å². The summed E-state index contributed by atoms with van der Waals surface area (Å²) in [4.78, 5) is 11.4. The van der Waals surface area contributed by atoms with E-state index in [9.17, 15) is 0 Å². The second-order valence-electron chi connectivity index (χ2n) is 5.67. The lowest BCUT2D eigenvalue weighted by atomic mass is 10.2. The molecule has 1 unspecified atom stereocenters. The molecule has 0 aromatic carbocycles. The van der Waals surface area contributed by atoms with Crippen LogP contribution in [0.5, 0.6) is 0 Å². The molecule has 2 heterocycles. The zero-order valence-corrected chi connectivity index (χ0v) is 13.5. The molecule has 1 saturated heterocycles. The van der Waals surface area contributed by atoms with Gasteiger partial charge in [0, 0.05) is 37.9 Å². The SMILES string of the molecule is CCCNc1ncc(Br)c(NC2CCN(C3CC3)C2)n1. The van der Waals surface area contributed by atoms with Crippen molar-refractivity contribution in [1.29, 1.82) is 0 Å². The van der Waals surface area contributed by atoms with E-state index in [0.717, 1.165) is 35.8 Å². The van der Waals surface area contributed by atoms with Gasteiger partial charge >= 0.3 is 0 Å². The average Bonchev–Trinajstić information content (AvgIpc) is 3.20. The number of hydrogen-bond acceptors (Lipinski definition) is 5. The van der Waals surface area contributed by atoms with Gasteiger partial charge in [-0.2, -0.15) is 4.98 Å². The Bertz CT molecular complexity index is 463. The second kappa shape index (κ2) is 6.26. The van der Waals surface area contributed by atoms with Gasteiger partial charge in [-0.15, -0.1) is 0 Å². The Morgan fingerprint density at radius 1 is 1.40 bits per heavy atom. The van der Waals surface area contributed by atoms with Gasteiger partial charge in [0.05, 0.1) is 4.47 Å². The number of likely N-dealkylation sites (tertiary alicyclic amines) is 1. The van der Waals surface area contributed by atoms with E-state index in [1.54, 1.807) is 0 Å². The van der Waals surface area contributed by atoms with Crippen molar-refractivity contribution in [3.05, 3.63) is 10.7 Å². The van der Waals surface area contributed by atoms with Gasteiger partial charge in [-0.3, -0.25) is 4.90 Å². The van der Waals surface area contributed by atoms with Crippen LogP contribution in [0.4, 0.5) is 11.8 Å². The number of anilines is 2. The molecule has 20 heavy (non-hydrogen) atoms. The summed E-state index contributed by atoms with van der Waals surface area (Å²) in [6.45, 7) is 5.39. The van der Waals surface area contributed by atoms with Crippen molar-refractivity contribution < 1.29 is 0 Å².